The molecule has 0 spiro atoms. The Bertz CT molecular complexity index is 450. The van der Waals surface area contributed by atoms with Crippen molar-refractivity contribution in [2.24, 2.45) is 5.92 Å². The fraction of sp³-hybridized carbons (Fsp3) is 0.786. The maximum atomic E-state index is 5.93. The Morgan fingerprint density at radius 1 is 1.33 bits per heavy atom. The van der Waals surface area contributed by atoms with Crippen molar-refractivity contribution >= 4 is 17.5 Å². The van der Waals surface area contributed by atoms with Gasteiger partial charge in [0, 0.05) is 19.7 Å². The van der Waals surface area contributed by atoms with Gasteiger partial charge < -0.3 is 10.5 Å². The Labute approximate surface area is 131 Å². The second-order valence-corrected chi connectivity index (χ2v) is 6.29. The number of anilines is 1. The molecule has 1 aliphatic rings. The van der Waals surface area contributed by atoms with Gasteiger partial charge in [-0.2, -0.15) is 9.97 Å². The van der Waals surface area contributed by atoms with Crippen LogP contribution >= 0.6 is 11.6 Å². The maximum absolute atomic E-state index is 5.93. The third kappa shape index (κ3) is 4.76. The minimum absolute atomic E-state index is 0.0616. The quantitative estimate of drug-likeness (QED) is 0.868. The molecule has 0 amide bonds. The van der Waals surface area contributed by atoms with E-state index >= 15 is 0 Å². The average molecular weight is 314 g/mol. The lowest BCUT2D eigenvalue weighted by Gasteiger charge is -2.23. The van der Waals surface area contributed by atoms with Gasteiger partial charge in [0.2, 0.25) is 11.2 Å². The van der Waals surface area contributed by atoms with E-state index in [0.717, 1.165) is 32.5 Å². The molecule has 1 aromatic heterocycles. The van der Waals surface area contributed by atoms with Gasteiger partial charge in [0.25, 0.3) is 0 Å². The zero-order chi connectivity index (χ0) is 15.4. The SMILES string of the molecule is CC(C)CCO[C@H]1CCN([C@@H](C)c2nc(N)nc(Cl)n2)C1. The minimum atomic E-state index is 0.0616. The number of hydrogen-bond acceptors (Lipinski definition) is 6. The van der Waals surface area contributed by atoms with Crippen molar-refractivity contribution in [3.05, 3.63) is 11.1 Å². The van der Waals surface area contributed by atoms with Crippen molar-refractivity contribution in [2.45, 2.75) is 45.8 Å². The van der Waals surface area contributed by atoms with Gasteiger partial charge in [0.05, 0.1) is 12.1 Å². The predicted octanol–water partition coefficient (Wildman–Crippen LogP) is 2.31. The molecular weight excluding hydrogens is 290 g/mol. The molecule has 0 unspecified atom stereocenters. The lowest BCUT2D eigenvalue weighted by Crippen LogP contribution is -2.28. The van der Waals surface area contributed by atoms with Gasteiger partial charge in [-0.15, -0.1) is 0 Å². The largest absolute Gasteiger partial charge is 0.377 e. The van der Waals surface area contributed by atoms with Crippen molar-refractivity contribution < 1.29 is 4.74 Å². The number of likely N-dealkylation sites (tertiary alicyclic amines) is 1. The highest BCUT2D eigenvalue weighted by Gasteiger charge is 2.29. The molecule has 0 bridgehead atoms. The summed E-state index contributed by atoms with van der Waals surface area (Å²) >= 11 is 5.84. The molecule has 2 atom stereocenters. The van der Waals surface area contributed by atoms with Crippen LogP contribution in [0.25, 0.3) is 0 Å². The number of ether oxygens (including phenoxy) is 1. The van der Waals surface area contributed by atoms with Crippen LogP contribution in [0.5, 0.6) is 0 Å². The molecule has 7 heteroatoms. The Morgan fingerprint density at radius 2 is 2.10 bits per heavy atom. The van der Waals surface area contributed by atoms with E-state index in [2.05, 4.69) is 40.6 Å². The van der Waals surface area contributed by atoms with E-state index in [1.54, 1.807) is 0 Å². The lowest BCUT2D eigenvalue weighted by molar-refractivity contribution is 0.0490. The van der Waals surface area contributed by atoms with Crippen molar-refractivity contribution in [1.29, 1.82) is 0 Å². The molecule has 2 rings (SSSR count). The van der Waals surface area contributed by atoms with E-state index in [1.807, 2.05) is 0 Å². The topological polar surface area (TPSA) is 77.2 Å². The van der Waals surface area contributed by atoms with Crippen LogP contribution in [0.2, 0.25) is 5.28 Å². The molecule has 2 heterocycles. The average Bonchev–Trinajstić information content (AvgIpc) is 2.85. The highest BCUT2D eigenvalue weighted by molar-refractivity contribution is 6.28. The molecule has 1 saturated heterocycles. The van der Waals surface area contributed by atoms with Crippen molar-refractivity contribution in [3.8, 4) is 0 Å². The molecule has 1 fully saturated rings. The molecular formula is C14H24ClN5O. The van der Waals surface area contributed by atoms with Crippen molar-refractivity contribution in [2.75, 3.05) is 25.4 Å². The molecule has 0 saturated carbocycles. The van der Waals surface area contributed by atoms with Gasteiger partial charge in [0.1, 0.15) is 0 Å². The van der Waals surface area contributed by atoms with Crippen LogP contribution in [0, 0.1) is 5.92 Å². The summed E-state index contributed by atoms with van der Waals surface area (Å²) in [6.45, 7) is 9.17. The Hall–Kier alpha value is -0.980. The second-order valence-electron chi connectivity index (χ2n) is 5.96. The molecule has 0 aromatic carbocycles. The smallest absolute Gasteiger partial charge is 0.227 e. The molecule has 0 aliphatic carbocycles. The molecule has 118 valence electrons. The Balaban J connectivity index is 1.88. The summed E-state index contributed by atoms with van der Waals surface area (Å²) in [5.74, 6) is 1.47. The third-order valence-electron chi connectivity index (χ3n) is 3.79. The number of hydrogen-bond donors (Lipinski definition) is 1. The summed E-state index contributed by atoms with van der Waals surface area (Å²) in [4.78, 5) is 14.4. The number of nitrogen functional groups attached to an aromatic ring is 1. The van der Waals surface area contributed by atoms with E-state index in [-0.39, 0.29) is 17.3 Å². The van der Waals surface area contributed by atoms with Gasteiger partial charge in [-0.05, 0) is 37.3 Å². The van der Waals surface area contributed by atoms with Crippen LogP contribution in [0.4, 0.5) is 5.95 Å². The molecule has 1 aromatic rings. The summed E-state index contributed by atoms with van der Waals surface area (Å²) in [5.41, 5.74) is 5.63. The van der Waals surface area contributed by atoms with Gasteiger partial charge in [-0.25, -0.2) is 4.98 Å². The fourth-order valence-electron chi connectivity index (χ4n) is 2.44. The molecule has 1 aliphatic heterocycles. The normalized spacial score (nSPS) is 21.1. The first-order valence-corrected chi connectivity index (χ1v) is 7.86. The monoisotopic (exact) mass is 313 g/mol. The minimum Gasteiger partial charge on any atom is -0.377 e. The number of halogens is 1. The summed E-state index contributed by atoms with van der Waals surface area (Å²) in [7, 11) is 0. The molecule has 2 N–H and O–H groups in total. The standard InChI is InChI=1S/C14H24ClN5O/c1-9(2)5-7-21-11-4-6-20(8-11)10(3)12-17-13(15)19-14(16)18-12/h9-11H,4-8H2,1-3H3,(H2,16,17,18,19)/t10-,11-/m0/s1. The summed E-state index contributed by atoms with van der Waals surface area (Å²) in [6.07, 6.45) is 2.43. The van der Waals surface area contributed by atoms with Crippen LogP contribution in [0.1, 0.15) is 45.5 Å². The Kier molecular flexibility index (Phi) is 5.72. The first kappa shape index (κ1) is 16.4. The summed E-state index contributed by atoms with van der Waals surface area (Å²) < 4.78 is 5.93. The van der Waals surface area contributed by atoms with E-state index in [1.165, 1.54) is 0 Å². The van der Waals surface area contributed by atoms with Crippen LogP contribution in [-0.4, -0.2) is 45.7 Å². The predicted molar refractivity (Wildman–Crippen MR) is 83.0 cm³/mol. The molecule has 21 heavy (non-hydrogen) atoms. The van der Waals surface area contributed by atoms with Crippen LogP contribution < -0.4 is 5.73 Å². The Morgan fingerprint density at radius 3 is 2.76 bits per heavy atom. The number of nitrogens with two attached hydrogens (primary N) is 1. The van der Waals surface area contributed by atoms with E-state index in [4.69, 9.17) is 22.1 Å². The van der Waals surface area contributed by atoms with Crippen LogP contribution in [0.3, 0.4) is 0 Å². The molecule has 6 nitrogen and oxygen atoms in total. The first-order valence-electron chi connectivity index (χ1n) is 7.48. The number of aromatic nitrogens is 3. The zero-order valence-electron chi connectivity index (χ0n) is 12.9. The number of rotatable bonds is 6. The maximum Gasteiger partial charge on any atom is 0.227 e. The summed E-state index contributed by atoms with van der Waals surface area (Å²) in [5, 5.41) is 0.147. The second kappa shape index (κ2) is 7.33. The van der Waals surface area contributed by atoms with Crippen LogP contribution in [-0.2, 0) is 4.74 Å². The van der Waals surface area contributed by atoms with E-state index < -0.39 is 0 Å². The van der Waals surface area contributed by atoms with Gasteiger partial charge in [-0.1, -0.05) is 13.8 Å². The van der Waals surface area contributed by atoms with Gasteiger partial charge in [0.15, 0.2) is 5.82 Å². The van der Waals surface area contributed by atoms with Crippen molar-refractivity contribution in [1.82, 2.24) is 19.9 Å². The fourth-order valence-corrected chi connectivity index (χ4v) is 2.62. The van der Waals surface area contributed by atoms with Gasteiger partial charge in [-0.3, -0.25) is 4.90 Å². The number of nitrogens with zero attached hydrogens (tertiary/aromatic N) is 4. The third-order valence-corrected chi connectivity index (χ3v) is 3.96. The van der Waals surface area contributed by atoms with Gasteiger partial charge >= 0.3 is 0 Å². The van der Waals surface area contributed by atoms with Crippen LogP contribution in [0.15, 0.2) is 0 Å². The van der Waals surface area contributed by atoms with Crippen molar-refractivity contribution in [3.63, 3.8) is 0 Å². The highest BCUT2D eigenvalue weighted by Crippen LogP contribution is 2.24. The van der Waals surface area contributed by atoms with E-state index in [9.17, 15) is 0 Å². The lowest BCUT2D eigenvalue weighted by atomic mass is 10.1. The highest BCUT2D eigenvalue weighted by atomic mass is 35.5. The molecule has 0 radical (unpaired) electrons. The first-order chi connectivity index (χ1) is 9.95. The van der Waals surface area contributed by atoms with E-state index in [0.29, 0.717) is 17.8 Å². The summed E-state index contributed by atoms with van der Waals surface area (Å²) in [6, 6.07) is 0.0616. The zero-order valence-corrected chi connectivity index (χ0v) is 13.7.